The van der Waals surface area contributed by atoms with E-state index < -0.39 is 0 Å². The van der Waals surface area contributed by atoms with Crippen LogP contribution >= 0.6 is 0 Å². The van der Waals surface area contributed by atoms with Gasteiger partial charge in [-0.15, -0.1) is 0 Å². The molecule has 0 heterocycles. The van der Waals surface area contributed by atoms with E-state index in [0.29, 0.717) is 11.5 Å². The molecule has 0 bridgehead atoms. The van der Waals surface area contributed by atoms with Crippen molar-refractivity contribution >= 4 is 12.2 Å². The molecule has 4 aromatic carbocycles. The van der Waals surface area contributed by atoms with Crippen molar-refractivity contribution in [1.82, 2.24) is 0 Å². The van der Waals surface area contributed by atoms with Crippen molar-refractivity contribution in [3.05, 3.63) is 154 Å². The molecule has 1 heteroatoms. The lowest BCUT2D eigenvalue weighted by molar-refractivity contribution is 0.622. The van der Waals surface area contributed by atoms with Gasteiger partial charge in [0.25, 0.3) is 0 Å². The first kappa shape index (κ1) is 26.4. The maximum Gasteiger partial charge on any atom is 0.130 e. The van der Waals surface area contributed by atoms with Crippen LogP contribution in [0.3, 0.4) is 0 Å². The lowest BCUT2D eigenvalue weighted by Crippen LogP contribution is -1.99. The first-order chi connectivity index (χ1) is 18.1. The summed E-state index contributed by atoms with van der Waals surface area (Å²) < 4.78 is 14.5. The molecule has 37 heavy (non-hydrogen) atoms. The third-order valence-corrected chi connectivity index (χ3v) is 6.97. The van der Waals surface area contributed by atoms with E-state index in [-0.39, 0.29) is 5.82 Å². The van der Waals surface area contributed by atoms with Crippen LogP contribution in [0.2, 0.25) is 0 Å². The molecule has 0 saturated heterocycles. The quantitative estimate of drug-likeness (QED) is 0.146. The van der Waals surface area contributed by atoms with Crippen molar-refractivity contribution in [3.8, 4) is 0 Å². The fraction of sp³-hybridized carbons (Fsp3) is 0.222. The Morgan fingerprint density at radius 3 is 1.95 bits per heavy atom. The Balaban J connectivity index is 1.27. The van der Waals surface area contributed by atoms with Crippen LogP contribution in [0.4, 0.5) is 4.39 Å². The molecule has 4 rings (SSSR count). The van der Waals surface area contributed by atoms with Gasteiger partial charge in [-0.1, -0.05) is 122 Å². The molecular formula is C36H37F. The van der Waals surface area contributed by atoms with Gasteiger partial charge in [-0.3, -0.25) is 0 Å². The van der Waals surface area contributed by atoms with E-state index in [9.17, 15) is 4.39 Å². The third kappa shape index (κ3) is 8.15. The zero-order valence-corrected chi connectivity index (χ0v) is 22.0. The number of benzene rings is 4. The van der Waals surface area contributed by atoms with Crippen molar-refractivity contribution in [1.29, 1.82) is 0 Å². The molecule has 0 saturated carbocycles. The van der Waals surface area contributed by atoms with Crippen LogP contribution in [0, 0.1) is 5.82 Å². The average molecular weight is 489 g/mol. The maximum atomic E-state index is 14.5. The highest BCUT2D eigenvalue weighted by Crippen LogP contribution is 2.21. The summed E-state index contributed by atoms with van der Waals surface area (Å²) in [7, 11) is 0. The summed E-state index contributed by atoms with van der Waals surface area (Å²) in [5.41, 5.74) is 8.20. The summed E-state index contributed by atoms with van der Waals surface area (Å²) in [6, 6.07) is 33.9. The molecule has 0 amide bonds. The lowest BCUT2D eigenvalue weighted by atomic mass is 9.93. The van der Waals surface area contributed by atoms with Gasteiger partial charge in [-0.2, -0.15) is 0 Å². The second-order valence-electron chi connectivity index (χ2n) is 9.87. The number of rotatable bonds is 11. The molecule has 4 aromatic rings. The SMILES string of the molecule is CC=CCCc1ccc(C=Cc2ccc(CCc3ccc(C[C@@H](C)c4ccccc4)cc3)cc2)c(F)c1. The van der Waals surface area contributed by atoms with Crippen LogP contribution in [0.25, 0.3) is 12.2 Å². The predicted octanol–water partition coefficient (Wildman–Crippen LogP) is 9.64. The van der Waals surface area contributed by atoms with E-state index >= 15 is 0 Å². The molecule has 188 valence electrons. The minimum atomic E-state index is -0.161. The molecule has 0 radical (unpaired) electrons. The zero-order valence-electron chi connectivity index (χ0n) is 22.0. The van der Waals surface area contributed by atoms with Gasteiger partial charge < -0.3 is 0 Å². The monoisotopic (exact) mass is 488 g/mol. The van der Waals surface area contributed by atoms with E-state index in [0.717, 1.165) is 43.2 Å². The summed E-state index contributed by atoms with van der Waals surface area (Å²) in [4.78, 5) is 0. The topological polar surface area (TPSA) is 0 Å². The Morgan fingerprint density at radius 1 is 0.676 bits per heavy atom. The number of hydrogen-bond donors (Lipinski definition) is 0. The van der Waals surface area contributed by atoms with E-state index in [1.54, 1.807) is 6.07 Å². The standard InChI is InChI=1S/C36H37F/c1-3-4-6-9-32-23-25-35(36(37)27-32)24-22-31-16-14-29(15-17-31)12-13-30-18-20-33(21-19-30)26-28(2)34-10-7-5-8-11-34/h3-5,7-8,10-11,14-25,27-28H,6,9,12-13,26H2,1-2H3/t28-/m1/s1. The third-order valence-electron chi connectivity index (χ3n) is 6.97. The molecule has 0 aliphatic carbocycles. The summed E-state index contributed by atoms with van der Waals surface area (Å²) >= 11 is 0. The first-order valence-corrected chi connectivity index (χ1v) is 13.4. The van der Waals surface area contributed by atoms with E-state index in [2.05, 4.69) is 91.9 Å². The molecule has 1 atom stereocenters. The van der Waals surface area contributed by atoms with Crippen LogP contribution in [-0.4, -0.2) is 0 Å². The molecule has 0 N–H and O–H groups in total. The summed E-state index contributed by atoms with van der Waals surface area (Å²) in [6.45, 7) is 4.30. The van der Waals surface area contributed by atoms with Crippen LogP contribution in [-0.2, 0) is 25.7 Å². The Kier molecular flexibility index (Phi) is 9.66. The molecule has 0 aromatic heterocycles. The van der Waals surface area contributed by atoms with Crippen LogP contribution in [0.15, 0.2) is 109 Å². The smallest absolute Gasteiger partial charge is 0.130 e. The van der Waals surface area contributed by atoms with Crippen LogP contribution < -0.4 is 0 Å². The van der Waals surface area contributed by atoms with Gasteiger partial charge in [0, 0.05) is 5.56 Å². The zero-order chi connectivity index (χ0) is 25.9. The fourth-order valence-electron chi connectivity index (χ4n) is 4.64. The minimum absolute atomic E-state index is 0.161. The summed E-state index contributed by atoms with van der Waals surface area (Å²) in [6.07, 6.45) is 12.9. The van der Waals surface area contributed by atoms with Crippen molar-refractivity contribution in [2.24, 2.45) is 0 Å². The Hall–Kier alpha value is -3.71. The van der Waals surface area contributed by atoms with Crippen molar-refractivity contribution in [2.75, 3.05) is 0 Å². The van der Waals surface area contributed by atoms with Gasteiger partial charge in [0.1, 0.15) is 5.82 Å². The van der Waals surface area contributed by atoms with E-state index in [1.165, 1.54) is 22.3 Å². The number of hydrogen-bond acceptors (Lipinski definition) is 0. The largest absolute Gasteiger partial charge is 0.206 e. The van der Waals surface area contributed by atoms with Gasteiger partial charge in [0.15, 0.2) is 0 Å². The average Bonchev–Trinajstić information content (AvgIpc) is 2.93. The van der Waals surface area contributed by atoms with Gasteiger partial charge >= 0.3 is 0 Å². The molecule has 0 aliphatic rings. The predicted molar refractivity (Wildman–Crippen MR) is 157 cm³/mol. The van der Waals surface area contributed by atoms with Crippen LogP contribution in [0.1, 0.15) is 65.1 Å². The van der Waals surface area contributed by atoms with Gasteiger partial charge in [-0.05, 0) is 84.4 Å². The molecule has 0 unspecified atom stereocenters. The highest BCUT2D eigenvalue weighted by molar-refractivity contribution is 5.70. The van der Waals surface area contributed by atoms with Gasteiger partial charge in [0.2, 0.25) is 0 Å². The number of allylic oxidation sites excluding steroid dienone is 2. The second kappa shape index (κ2) is 13.6. The van der Waals surface area contributed by atoms with Crippen molar-refractivity contribution < 1.29 is 4.39 Å². The highest BCUT2D eigenvalue weighted by Gasteiger charge is 2.06. The molecule has 0 aliphatic heterocycles. The first-order valence-electron chi connectivity index (χ1n) is 13.4. The number of aryl methyl sites for hydroxylation is 3. The fourth-order valence-corrected chi connectivity index (χ4v) is 4.64. The molecule has 0 fully saturated rings. The van der Waals surface area contributed by atoms with E-state index in [4.69, 9.17) is 0 Å². The summed E-state index contributed by atoms with van der Waals surface area (Å²) in [5, 5.41) is 0. The highest BCUT2D eigenvalue weighted by atomic mass is 19.1. The maximum absolute atomic E-state index is 14.5. The Labute approximate surface area is 222 Å². The second-order valence-corrected chi connectivity index (χ2v) is 9.87. The summed E-state index contributed by atoms with van der Waals surface area (Å²) in [5.74, 6) is 0.357. The van der Waals surface area contributed by atoms with Crippen molar-refractivity contribution in [2.45, 2.75) is 51.9 Å². The number of halogens is 1. The minimum Gasteiger partial charge on any atom is -0.206 e. The lowest BCUT2D eigenvalue weighted by Gasteiger charge is -2.12. The molecular weight excluding hydrogens is 451 g/mol. The van der Waals surface area contributed by atoms with Crippen molar-refractivity contribution in [3.63, 3.8) is 0 Å². The van der Waals surface area contributed by atoms with Crippen LogP contribution in [0.5, 0.6) is 0 Å². The Morgan fingerprint density at radius 2 is 1.30 bits per heavy atom. The van der Waals surface area contributed by atoms with Gasteiger partial charge in [0.05, 0.1) is 0 Å². The normalized spacial score (nSPS) is 12.4. The molecule has 0 spiro atoms. The Bertz CT molecular complexity index is 1300. The van der Waals surface area contributed by atoms with E-state index in [1.807, 2.05) is 37.3 Å². The molecule has 0 nitrogen and oxygen atoms in total. The van der Waals surface area contributed by atoms with Gasteiger partial charge in [-0.25, -0.2) is 4.39 Å².